The molecule has 8 heteroatoms. The second-order valence-corrected chi connectivity index (χ2v) is 8.18. The first-order chi connectivity index (χ1) is 14.8. The highest BCUT2D eigenvalue weighted by Crippen LogP contribution is 2.39. The van der Waals surface area contributed by atoms with Gasteiger partial charge in [-0.25, -0.2) is 4.79 Å². The lowest BCUT2D eigenvalue weighted by molar-refractivity contribution is -0.137. The van der Waals surface area contributed by atoms with Crippen LogP contribution in [-0.4, -0.2) is 33.8 Å². The summed E-state index contributed by atoms with van der Waals surface area (Å²) in [5.74, 6) is -0.772. The molecule has 2 atom stereocenters. The summed E-state index contributed by atoms with van der Waals surface area (Å²) in [6.07, 6.45) is 0.256. The molecule has 0 N–H and O–H groups in total. The SMILES string of the molecule is O=C(c1cncc(C(F)(F)F)c1)C1CC2CCCC(C1)N2C(=O)OCc1ccccc1. The van der Waals surface area contributed by atoms with Gasteiger partial charge in [-0.3, -0.25) is 9.78 Å². The average Bonchev–Trinajstić information content (AvgIpc) is 2.76. The minimum Gasteiger partial charge on any atom is -0.445 e. The van der Waals surface area contributed by atoms with Crippen LogP contribution >= 0.6 is 0 Å². The molecule has 0 saturated carbocycles. The fourth-order valence-corrected chi connectivity index (χ4v) is 4.65. The monoisotopic (exact) mass is 432 g/mol. The predicted octanol–water partition coefficient (Wildman–Crippen LogP) is 5.25. The highest BCUT2D eigenvalue weighted by Gasteiger charge is 2.44. The van der Waals surface area contributed by atoms with Crippen LogP contribution in [0.25, 0.3) is 0 Å². The average molecular weight is 432 g/mol. The fourth-order valence-electron chi connectivity index (χ4n) is 4.65. The van der Waals surface area contributed by atoms with Crippen LogP contribution in [0.1, 0.15) is 53.6 Å². The van der Waals surface area contributed by atoms with Crippen molar-refractivity contribution in [1.29, 1.82) is 0 Å². The van der Waals surface area contributed by atoms with Crippen LogP contribution in [0, 0.1) is 5.92 Å². The Morgan fingerprint density at radius 2 is 1.74 bits per heavy atom. The topological polar surface area (TPSA) is 59.5 Å². The van der Waals surface area contributed by atoms with E-state index in [0.717, 1.165) is 37.1 Å². The number of amides is 1. The zero-order valence-electron chi connectivity index (χ0n) is 16.8. The maximum Gasteiger partial charge on any atom is 0.417 e. The van der Waals surface area contributed by atoms with Crippen molar-refractivity contribution in [3.63, 3.8) is 0 Å². The van der Waals surface area contributed by atoms with E-state index in [4.69, 9.17) is 4.74 Å². The Kier molecular flexibility index (Phi) is 5.98. The van der Waals surface area contributed by atoms with E-state index >= 15 is 0 Å². The van der Waals surface area contributed by atoms with Crippen molar-refractivity contribution >= 4 is 11.9 Å². The Morgan fingerprint density at radius 3 is 2.39 bits per heavy atom. The first kappa shape index (κ1) is 21.3. The molecule has 2 aromatic rings. The molecule has 1 amide bonds. The Labute approximate surface area is 178 Å². The number of fused-ring (bicyclic) bond motifs is 2. The van der Waals surface area contributed by atoms with Gasteiger partial charge in [0.05, 0.1) is 5.56 Å². The highest BCUT2D eigenvalue weighted by atomic mass is 19.4. The summed E-state index contributed by atoms with van der Waals surface area (Å²) in [5.41, 5.74) is -0.0680. The smallest absolute Gasteiger partial charge is 0.417 e. The molecule has 31 heavy (non-hydrogen) atoms. The number of ether oxygens (including phenoxy) is 1. The molecule has 2 fully saturated rings. The molecular weight excluding hydrogens is 409 g/mol. The predicted molar refractivity (Wildman–Crippen MR) is 106 cm³/mol. The number of piperidine rings is 2. The van der Waals surface area contributed by atoms with Gasteiger partial charge in [0.15, 0.2) is 5.78 Å². The summed E-state index contributed by atoms with van der Waals surface area (Å²) in [6.45, 7) is 0.174. The van der Waals surface area contributed by atoms with Crippen LogP contribution in [-0.2, 0) is 17.5 Å². The van der Waals surface area contributed by atoms with E-state index in [-0.39, 0.29) is 30.0 Å². The fraction of sp³-hybridized carbons (Fsp3) is 0.435. The number of ketones is 1. The normalized spacial score (nSPS) is 23.3. The molecule has 2 saturated heterocycles. The number of rotatable bonds is 4. The highest BCUT2D eigenvalue weighted by molar-refractivity contribution is 5.98. The van der Waals surface area contributed by atoms with Gasteiger partial charge in [-0.15, -0.1) is 0 Å². The van der Waals surface area contributed by atoms with E-state index in [1.807, 2.05) is 30.3 Å². The van der Waals surface area contributed by atoms with Crippen molar-refractivity contribution in [3.05, 3.63) is 65.5 Å². The molecule has 0 aliphatic carbocycles. The first-order valence-electron chi connectivity index (χ1n) is 10.4. The van der Waals surface area contributed by atoms with Crippen LogP contribution in [0.2, 0.25) is 0 Å². The Hall–Kier alpha value is -2.90. The number of carbonyl (C=O) groups is 2. The number of aromatic nitrogens is 1. The van der Waals surface area contributed by atoms with Gasteiger partial charge in [-0.05, 0) is 43.7 Å². The first-order valence-corrected chi connectivity index (χ1v) is 10.4. The van der Waals surface area contributed by atoms with Crippen molar-refractivity contribution in [2.24, 2.45) is 5.92 Å². The molecule has 1 aromatic heterocycles. The van der Waals surface area contributed by atoms with Crippen LogP contribution < -0.4 is 0 Å². The van der Waals surface area contributed by atoms with E-state index in [9.17, 15) is 22.8 Å². The molecule has 164 valence electrons. The summed E-state index contributed by atoms with van der Waals surface area (Å²) < 4.78 is 44.5. The third-order valence-electron chi connectivity index (χ3n) is 6.11. The number of halogens is 3. The van der Waals surface area contributed by atoms with Crippen molar-refractivity contribution in [1.82, 2.24) is 9.88 Å². The summed E-state index contributed by atoms with van der Waals surface area (Å²) >= 11 is 0. The molecule has 2 aliphatic rings. The van der Waals surface area contributed by atoms with E-state index in [2.05, 4.69) is 4.98 Å². The number of alkyl halides is 3. The minimum absolute atomic E-state index is 0.0296. The van der Waals surface area contributed by atoms with Gasteiger partial charge in [0.25, 0.3) is 0 Å². The molecule has 5 nitrogen and oxygen atoms in total. The number of carbonyl (C=O) groups excluding carboxylic acids is 2. The summed E-state index contributed by atoms with van der Waals surface area (Å²) in [7, 11) is 0. The molecule has 2 bridgehead atoms. The summed E-state index contributed by atoms with van der Waals surface area (Å²) in [4.78, 5) is 31.1. The maximum absolute atomic E-state index is 13.0. The molecule has 0 spiro atoms. The van der Waals surface area contributed by atoms with Crippen molar-refractivity contribution in [2.75, 3.05) is 0 Å². The lowest BCUT2D eigenvalue weighted by Gasteiger charge is -2.47. The minimum atomic E-state index is -4.55. The van der Waals surface area contributed by atoms with Crippen molar-refractivity contribution in [2.45, 2.75) is 57.0 Å². The number of hydrogen-bond acceptors (Lipinski definition) is 4. The van der Waals surface area contributed by atoms with E-state index in [1.54, 1.807) is 4.90 Å². The number of benzene rings is 1. The Bertz CT molecular complexity index is 935. The standard InChI is InChI=1S/C23H23F3N2O3/c24-23(25,26)18-9-17(12-27-13-18)21(29)16-10-19-7-4-8-20(11-16)28(19)22(30)31-14-15-5-2-1-3-6-15/h1-3,5-6,9,12-13,16,19-20H,4,7-8,10-11,14H2. The van der Waals surface area contributed by atoms with Gasteiger partial charge in [0, 0.05) is 36.0 Å². The maximum atomic E-state index is 13.0. The van der Waals surface area contributed by atoms with Crippen LogP contribution in [0.4, 0.5) is 18.0 Å². The molecule has 1 aromatic carbocycles. The van der Waals surface area contributed by atoms with E-state index in [0.29, 0.717) is 12.8 Å². The van der Waals surface area contributed by atoms with Crippen LogP contribution in [0.5, 0.6) is 0 Å². The third kappa shape index (κ3) is 4.73. The van der Waals surface area contributed by atoms with Crippen LogP contribution in [0.15, 0.2) is 48.8 Å². The molecule has 3 heterocycles. The number of nitrogens with zero attached hydrogens (tertiary/aromatic N) is 2. The van der Waals surface area contributed by atoms with Gasteiger partial charge in [-0.1, -0.05) is 30.3 Å². The number of hydrogen-bond donors (Lipinski definition) is 0. The third-order valence-corrected chi connectivity index (χ3v) is 6.11. The van der Waals surface area contributed by atoms with E-state index in [1.165, 1.54) is 6.20 Å². The quantitative estimate of drug-likeness (QED) is 0.619. The second kappa shape index (κ2) is 8.69. The van der Waals surface area contributed by atoms with Gasteiger partial charge in [0.1, 0.15) is 6.61 Å². The van der Waals surface area contributed by atoms with Crippen molar-refractivity contribution < 1.29 is 27.5 Å². The summed E-state index contributed by atoms with van der Waals surface area (Å²) in [6, 6.07) is 9.95. The lowest BCUT2D eigenvalue weighted by atomic mass is 9.76. The zero-order valence-corrected chi connectivity index (χ0v) is 16.8. The number of Topliss-reactive ketones (excluding diaryl/α,β-unsaturated/α-hetero) is 1. The van der Waals surface area contributed by atoms with Crippen molar-refractivity contribution in [3.8, 4) is 0 Å². The van der Waals surface area contributed by atoms with Gasteiger partial charge in [0.2, 0.25) is 0 Å². The lowest BCUT2D eigenvalue weighted by Crippen LogP contribution is -2.55. The van der Waals surface area contributed by atoms with Gasteiger partial charge in [-0.2, -0.15) is 13.2 Å². The molecule has 2 aliphatic heterocycles. The largest absolute Gasteiger partial charge is 0.445 e. The van der Waals surface area contributed by atoms with Gasteiger partial charge < -0.3 is 9.64 Å². The second-order valence-electron chi connectivity index (χ2n) is 8.18. The Balaban J connectivity index is 1.44. The number of pyridine rings is 1. The van der Waals surface area contributed by atoms with E-state index < -0.39 is 23.8 Å². The zero-order chi connectivity index (χ0) is 22.0. The molecule has 2 unspecified atom stereocenters. The summed E-state index contributed by atoms with van der Waals surface area (Å²) in [5, 5.41) is 0. The molecule has 4 rings (SSSR count). The Morgan fingerprint density at radius 1 is 1.06 bits per heavy atom. The molecule has 0 radical (unpaired) electrons. The van der Waals surface area contributed by atoms with Gasteiger partial charge >= 0.3 is 12.3 Å². The molecular formula is C23H23F3N2O3. The van der Waals surface area contributed by atoms with Crippen LogP contribution in [0.3, 0.4) is 0 Å².